The fraction of sp³-hybridized carbons (Fsp3) is 0.786. The highest BCUT2D eigenvalue weighted by Crippen LogP contribution is 2.29. The summed E-state index contributed by atoms with van der Waals surface area (Å²) in [6.07, 6.45) is 4.12. The summed E-state index contributed by atoms with van der Waals surface area (Å²) in [6, 6.07) is -0.435. The molecule has 1 heterocycles. The largest absolute Gasteiger partial charge is 0.481 e. The first-order valence-electron chi connectivity index (χ1n) is 7.20. The Hall–Kier alpha value is -1.43. The lowest BCUT2D eigenvalue weighted by molar-refractivity contribution is -0.145. The Bertz CT molecular complexity index is 417. The molecule has 1 saturated heterocycles. The van der Waals surface area contributed by atoms with Crippen molar-refractivity contribution in [1.29, 1.82) is 0 Å². The minimum Gasteiger partial charge on any atom is -0.481 e. The van der Waals surface area contributed by atoms with E-state index in [2.05, 4.69) is 0 Å². The van der Waals surface area contributed by atoms with E-state index < -0.39 is 17.9 Å². The molecule has 6 heteroatoms. The molecule has 1 aliphatic heterocycles. The van der Waals surface area contributed by atoms with Crippen molar-refractivity contribution in [3.63, 3.8) is 0 Å². The van der Waals surface area contributed by atoms with E-state index in [-0.39, 0.29) is 30.8 Å². The number of aliphatic carboxylic acids is 1. The number of amides is 2. The number of likely N-dealkylation sites (N-methyl/N-ethyl adjacent to an activating group) is 1. The molecule has 112 valence electrons. The third kappa shape index (κ3) is 2.85. The Morgan fingerprint density at radius 2 is 2.00 bits per heavy atom. The first kappa shape index (κ1) is 15.0. The average molecular weight is 282 g/mol. The van der Waals surface area contributed by atoms with Crippen LogP contribution in [0.3, 0.4) is 0 Å². The number of carbonyl (C=O) groups excluding carboxylic acids is 2. The molecular weight excluding hydrogens is 260 g/mol. The van der Waals surface area contributed by atoms with Crippen molar-refractivity contribution in [2.75, 3.05) is 13.6 Å². The number of rotatable bonds is 5. The third-order valence-corrected chi connectivity index (χ3v) is 4.36. The molecule has 2 amide bonds. The quantitative estimate of drug-likeness (QED) is 0.751. The van der Waals surface area contributed by atoms with E-state index in [0.29, 0.717) is 0 Å². The maximum absolute atomic E-state index is 12.4. The molecule has 0 bridgehead atoms. The molecule has 2 rings (SSSR count). The van der Waals surface area contributed by atoms with Crippen molar-refractivity contribution >= 4 is 17.8 Å². The van der Waals surface area contributed by atoms with E-state index in [1.165, 1.54) is 4.90 Å². The molecule has 2 atom stereocenters. The predicted octanol–water partition coefficient (Wildman–Crippen LogP) is 0.709. The van der Waals surface area contributed by atoms with E-state index in [4.69, 9.17) is 5.11 Å². The minimum absolute atomic E-state index is 0.0605. The van der Waals surface area contributed by atoms with Gasteiger partial charge in [0.25, 0.3) is 0 Å². The fourth-order valence-electron chi connectivity index (χ4n) is 3.16. The summed E-state index contributed by atoms with van der Waals surface area (Å²) < 4.78 is 0. The highest BCUT2D eigenvalue weighted by molar-refractivity contribution is 6.05. The number of likely N-dealkylation sites (tertiary alicyclic amines) is 1. The molecule has 0 aromatic rings. The Morgan fingerprint density at radius 1 is 1.40 bits per heavy atom. The van der Waals surface area contributed by atoms with Gasteiger partial charge in [-0.1, -0.05) is 19.8 Å². The van der Waals surface area contributed by atoms with Gasteiger partial charge < -0.3 is 5.11 Å². The first-order valence-corrected chi connectivity index (χ1v) is 7.20. The minimum atomic E-state index is -0.888. The predicted molar refractivity (Wildman–Crippen MR) is 71.9 cm³/mol. The van der Waals surface area contributed by atoms with Gasteiger partial charge in [0.1, 0.15) is 0 Å². The van der Waals surface area contributed by atoms with Crippen LogP contribution in [-0.2, 0) is 14.4 Å². The molecule has 0 radical (unpaired) electrons. The molecule has 2 unspecified atom stereocenters. The van der Waals surface area contributed by atoms with Gasteiger partial charge in [0.05, 0.1) is 18.4 Å². The fourth-order valence-corrected chi connectivity index (χ4v) is 3.16. The lowest BCUT2D eigenvalue weighted by Gasteiger charge is -2.26. The molecular formula is C14H22N2O4. The number of carbonyl (C=O) groups is 3. The summed E-state index contributed by atoms with van der Waals surface area (Å²) in [4.78, 5) is 38.5. The van der Waals surface area contributed by atoms with Gasteiger partial charge in [-0.3, -0.25) is 24.2 Å². The maximum atomic E-state index is 12.4. The van der Waals surface area contributed by atoms with Gasteiger partial charge >= 0.3 is 5.97 Å². The summed E-state index contributed by atoms with van der Waals surface area (Å²) in [6.45, 7) is 1.88. The number of hydrogen-bond donors (Lipinski definition) is 1. The second kappa shape index (κ2) is 5.91. The second-order valence-electron chi connectivity index (χ2n) is 5.94. The van der Waals surface area contributed by atoms with Crippen molar-refractivity contribution in [1.82, 2.24) is 9.80 Å². The lowest BCUT2D eigenvalue weighted by Crippen LogP contribution is -2.45. The molecule has 2 aliphatic rings. The molecule has 1 aliphatic carbocycles. The zero-order valence-corrected chi connectivity index (χ0v) is 12.0. The average Bonchev–Trinajstić information content (AvgIpc) is 2.97. The summed E-state index contributed by atoms with van der Waals surface area (Å²) in [5.74, 6) is -1.70. The van der Waals surface area contributed by atoms with Gasteiger partial charge in [-0.05, 0) is 19.9 Å². The van der Waals surface area contributed by atoms with Crippen molar-refractivity contribution in [2.24, 2.45) is 5.92 Å². The van der Waals surface area contributed by atoms with E-state index >= 15 is 0 Å². The SMILES string of the molecule is CC(CN(C)C1CC(=O)N(C2CCCC2)C1=O)C(=O)O. The standard InChI is InChI=1S/C14H22N2O4/c1-9(14(19)20)8-15(2)11-7-12(17)16(13(11)18)10-5-3-4-6-10/h9-11H,3-8H2,1-2H3,(H,19,20). The second-order valence-corrected chi connectivity index (χ2v) is 5.94. The smallest absolute Gasteiger partial charge is 0.307 e. The summed E-state index contributed by atoms with van der Waals surface area (Å²) in [7, 11) is 1.72. The third-order valence-electron chi connectivity index (χ3n) is 4.36. The van der Waals surface area contributed by atoms with Crippen LogP contribution in [0.15, 0.2) is 0 Å². The van der Waals surface area contributed by atoms with Crippen LogP contribution in [0.1, 0.15) is 39.0 Å². The van der Waals surface area contributed by atoms with Crippen LogP contribution in [0, 0.1) is 5.92 Å². The van der Waals surface area contributed by atoms with Crippen LogP contribution < -0.4 is 0 Å². The van der Waals surface area contributed by atoms with Gasteiger partial charge in [-0.2, -0.15) is 0 Å². The number of hydrogen-bond acceptors (Lipinski definition) is 4. The van der Waals surface area contributed by atoms with Crippen LogP contribution in [0.25, 0.3) is 0 Å². The van der Waals surface area contributed by atoms with Gasteiger partial charge in [0, 0.05) is 12.6 Å². The molecule has 6 nitrogen and oxygen atoms in total. The van der Waals surface area contributed by atoms with Crippen molar-refractivity contribution in [3.05, 3.63) is 0 Å². The molecule has 0 aromatic heterocycles. The Labute approximate surface area is 118 Å². The number of imide groups is 1. The van der Waals surface area contributed by atoms with Crippen molar-refractivity contribution in [3.8, 4) is 0 Å². The monoisotopic (exact) mass is 282 g/mol. The molecule has 2 fully saturated rings. The highest BCUT2D eigenvalue weighted by atomic mass is 16.4. The lowest BCUT2D eigenvalue weighted by atomic mass is 10.1. The van der Waals surface area contributed by atoms with Crippen LogP contribution in [0.2, 0.25) is 0 Å². The van der Waals surface area contributed by atoms with E-state index in [1.54, 1.807) is 18.9 Å². The van der Waals surface area contributed by atoms with Crippen LogP contribution in [0.4, 0.5) is 0 Å². The normalized spacial score (nSPS) is 25.8. The topological polar surface area (TPSA) is 77.9 Å². The molecule has 0 aromatic carbocycles. The number of nitrogens with zero attached hydrogens (tertiary/aromatic N) is 2. The van der Waals surface area contributed by atoms with Crippen LogP contribution >= 0.6 is 0 Å². The highest BCUT2D eigenvalue weighted by Gasteiger charge is 2.44. The zero-order valence-electron chi connectivity index (χ0n) is 12.0. The van der Waals surface area contributed by atoms with E-state index in [0.717, 1.165) is 25.7 Å². The Balaban J connectivity index is 2.01. The Kier molecular flexibility index (Phi) is 4.42. The van der Waals surface area contributed by atoms with Gasteiger partial charge in [-0.15, -0.1) is 0 Å². The number of carboxylic acids is 1. The summed E-state index contributed by atoms with van der Waals surface area (Å²) in [5.41, 5.74) is 0. The molecule has 1 saturated carbocycles. The number of carboxylic acid groups (broad SMARTS) is 1. The Morgan fingerprint density at radius 3 is 2.55 bits per heavy atom. The van der Waals surface area contributed by atoms with E-state index in [1.807, 2.05) is 0 Å². The van der Waals surface area contributed by atoms with Crippen molar-refractivity contribution < 1.29 is 19.5 Å². The van der Waals surface area contributed by atoms with Crippen LogP contribution in [-0.4, -0.2) is 58.4 Å². The molecule has 1 N–H and O–H groups in total. The molecule has 0 spiro atoms. The summed E-state index contributed by atoms with van der Waals surface area (Å²) >= 11 is 0. The van der Waals surface area contributed by atoms with Crippen molar-refractivity contribution in [2.45, 2.75) is 51.1 Å². The van der Waals surface area contributed by atoms with Gasteiger partial charge in [-0.25, -0.2) is 0 Å². The summed E-state index contributed by atoms with van der Waals surface area (Å²) in [5, 5.41) is 8.93. The van der Waals surface area contributed by atoms with Gasteiger partial charge in [0.15, 0.2) is 0 Å². The van der Waals surface area contributed by atoms with Crippen LogP contribution in [0.5, 0.6) is 0 Å². The zero-order chi connectivity index (χ0) is 14.9. The van der Waals surface area contributed by atoms with E-state index in [9.17, 15) is 14.4 Å². The molecule has 20 heavy (non-hydrogen) atoms. The maximum Gasteiger partial charge on any atom is 0.307 e. The first-order chi connectivity index (χ1) is 9.41. The van der Waals surface area contributed by atoms with Gasteiger partial charge in [0.2, 0.25) is 11.8 Å².